The minimum atomic E-state index is -0.859. The monoisotopic (exact) mass is 249 g/mol. The Hall–Kier alpha value is -1.84. The Labute approximate surface area is 107 Å². The molecule has 1 unspecified atom stereocenters. The van der Waals surface area contributed by atoms with Gasteiger partial charge in [0.15, 0.2) is 0 Å². The van der Waals surface area contributed by atoms with Crippen LogP contribution >= 0.6 is 0 Å². The quantitative estimate of drug-likeness (QED) is 0.812. The Morgan fingerprint density at radius 2 is 2.00 bits per heavy atom. The SMILES string of the molecule is CCCC(CNC(=O)c1ccccc1C)C(=O)O. The molecule has 1 aromatic carbocycles. The Morgan fingerprint density at radius 1 is 1.33 bits per heavy atom. The Balaban J connectivity index is 2.60. The van der Waals surface area contributed by atoms with E-state index >= 15 is 0 Å². The smallest absolute Gasteiger partial charge is 0.308 e. The molecule has 1 amide bonds. The number of rotatable bonds is 6. The summed E-state index contributed by atoms with van der Waals surface area (Å²) in [6, 6.07) is 7.25. The maximum Gasteiger partial charge on any atom is 0.308 e. The highest BCUT2D eigenvalue weighted by Crippen LogP contribution is 2.08. The first-order valence-corrected chi connectivity index (χ1v) is 6.13. The highest BCUT2D eigenvalue weighted by molar-refractivity contribution is 5.95. The molecule has 0 aromatic heterocycles. The third kappa shape index (κ3) is 3.87. The van der Waals surface area contributed by atoms with Crippen molar-refractivity contribution in [1.82, 2.24) is 5.32 Å². The molecule has 0 fully saturated rings. The van der Waals surface area contributed by atoms with Crippen molar-refractivity contribution in [2.75, 3.05) is 6.54 Å². The molecule has 1 aromatic rings. The molecule has 0 radical (unpaired) electrons. The van der Waals surface area contributed by atoms with Crippen molar-refractivity contribution in [3.8, 4) is 0 Å². The van der Waals surface area contributed by atoms with Crippen molar-refractivity contribution in [3.63, 3.8) is 0 Å². The molecule has 0 aliphatic carbocycles. The minimum absolute atomic E-state index is 0.177. The molecule has 0 saturated carbocycles. The molecule has 2 N–H and O–H groups in total. The number of benzene rings is 1. The predicted molar refractivity (Wildman–Crippen MR) is 69.5 cm³/mol. The van der Waals surface area contributed by atoms with Gasteiger partial charge in [-0.2, -0.15) is 0 Å². The molecular formula is C14H19NO3. The fraction of sp³-hybridized carbons (Fsp3) is 0.429. The summed E-state index contributed by atoms with van der Waals surface area (Å²) in [6.45, 7) is 3.96. The van der Waals surface area contributed by atoms with Crippen LogP contribution in [0.4, 0.5) is 0 Å². The first-order chi connectivity index (χ1) is 8.56. The van der Waals surface area contributed by atoms with Gasteiger partial charge >= 0.3 is 5.97 Å². The highest BCUT2D eigenvalue weighted by atomic mass is 16.4. The Bertz CT molecular complexity index is 429. The summed E-state index contributed by atoms with van der Waals surface area (Å²) < 4.78 is 0. The average Bonchev–Trinajstić information content (AvgIpc) is 2.34. The summed E-state index contributed by atoms with van der Waals surface area (Å²) in [5.74, 6) is -1.58. The third-order valence-corrected chi connectivity index (χ3v) is 2.89. The van der Waals surface area contributed by atoms with Crippen LogP contribution in [0.3, 0.4) is 0 Å². The van der Waals surface area contributed by atoms with E-state index < -0.39 is 11.9 Å². The molecular weight excluding hydrogens is 230 g/mol. The van der Waals surface area contributed by atoms with Crippen LogP contribution in [0.1, 0.15) is 35.7 Å². The van der Waals surface area contributed by atoms with Crippen LogP contribution in [0.15, 0.2) is 24.3 Å². The maximum absolute atomic E-state index is 11.9. The summed E-state index contributed by atoms with van der Waals surface area (Å²) in [4.78, 5) is 22.8. The zero-order valence-corrected chi connectivity index (χ0v) is 10.8. The van der Waals surface area contributed by atoms with Crippen LogP contribution in [0, 0.1) is 12.8 Å². The molecule has 0 aliphatic heterocycles. The molecule has 4 nitrogen and oxygen atoms in total. The number of carboxylic acids is 1. The van der Waals surface area contributed by atoms with Crippen molar-refractivity contribution < 1.29 is 14.7 Å². The molecule has 0 aliphatic rings. The van der Waals surface area contributed by atoms with Gasteiger partial charge in [0, 0.05) is 12.1 Å². The Kier molecular flexibility index (Phi) is 5.36. The van der Waals surface area contributed by atoms with E-state index in [4.69, 9.17) is 5.11 Å². The van der Waals surface area contributed by atoms with Crippen LogP contribution in [-0.2, 0) is 4.79 Å². The number of aryl methyl sites for hydroxylation is 1. The first-order valence-electron chi connectivity index (χ1n) is 6.13. The standard InChI is InChI=1S/C14H19NO3/c1-3-6-11(14(17)18)9-15-13(16)12-8-5-4-7-10(12)2/h4-5,7-8,11H,3,6,9H2,1-2H3,(H,15,16)(H,17,18). The number of nitrogens with one attached hydrogen (secondary N) is 1. The number of carbonyl (C=O) groups excluding carboxylic acids is 1. The number of hydrogen-bond donors (Lipinski definition) is 2. The van der Waals surface area contributed by atoms with Gasteiger partial charge in [0.2, 0.25) is 0 Å². The van der Waals surface area contributed by atoms with Crippen molar-refractivity contribution >= 4 is 11.9 Å². The van der Waals surface area contributed by atoms with Gasteiger partial charge in [0.25, 0.3) is 5.91 Å². The van der Waals surface area contributed by atoms with Gasteiger partial charge in [-0.1, -0.05) is 31.5 Å². The normalized spacial score (nSPS) is 11.9. The van der Waals surface area contributed by atoms with Gasteiger partial charge in [-0.15, -0.1) is 0 Å². The Morgan fingerprint density at radius 3 is 2.56 bits per heavy atom. The molecule has 1 rings (SSSR count). The first kappa shape index (κ1) is 14.2. The lowest BCUT2D eigenvalue weighted by Gasteiger charge is -2.13. The van der Waals surface area contributed by atoms with Crippen LogP contribution in [0.2, 0.25) is 0 Å². The number of aliphatic carboxylic acids is 1. The maximum atomic E-state index is 11.9. The van der Waals surface area contributed by atoms with Crippen LogP contribution in [0.25, 0.3) is 0 Å². The second-order valence-corrected chi connectivity index (χ2v) is 4.35. The lowest BCUT2D eigenvalue weighted by molar-refractivity contribution is -0.141. The number of carboxylic acid groups (broad SMARTS) is 1. The summed E-state index contributed by atoms with van der Waals surface area (Å²) in [5, 5.41) is 11.7. The molecule has 0 spiro atoms. The number of hydrogen-bond acceptors (Lipinski definition) is 2. The largest absolute Gasteiger partial charge is 0.481 e. The number of carbonyl (C=O) groups is 2. The molecule has 1 atom stereocenters. The summed E-state index contributed by atoms with van der Waals surface area (Å²) >= 11 is 0. The van der Waals surface area contributed by atoms with Crippen molar-refractivity contribution in [1.29, 1.82) is 0 Å². The lowest BCUT2D eigenvalue weighted by atomic mass is 10.0. The van der Waals surface area contributed by atoms with Crippen molar-refractivity contribution in [3.05, 3.63) is 35.4 Å². The van der Waals surface area contributed by atoms with Gasteiger partial charge in [-0.25, -0.2) is 0 Å². The van der Waals surface area contributed by atoms with E-state index in [0.717, 1.165) is 12.0 Å². The average molecular weight is 249 g/mol. The van der Waals surface area contributed by atoms with Gasteiger partial charge in [-0.05, 0) is 25.0 Å². The summed E-state index contributed by atoms with van der Waals surface area (Å²) in [7, 11) is 0. The van der Waals surface area contributed by atoms with Gasteiger partial charge in [0.1, 0.15) is 0 Å². The molecule has 18 heavy (non-hydrogen) atoms. The molecule has 0 saturated heterocycles. The summed E-state index contributed by atoms with van der Waals surface area (Å²) in [5.41, 5.74) is 1.48. The van der Waals surface area contributed by atoms with Crippen LogP contribution in [0.5, 0.6) is 0 Å². The van der Waals surface area contributed by atoms with Crippen molar-refractivity contribution in [2.24, 2.45) is 5.92 Å². The third-order valence-electron chi connectivity index (χ3n) is 2.89. The minimum Gasteiger partial charge on any atom is -0.481 e. The van der Waals surface area contributed by atoms with Gasteiger partial charge in [-0.3, -0.25) is 9.59 Å². The predicted octanol–water partition coefficient (Wildman–Crippen LogP) is 2.23. The number of amides is 1. The van der Waals surface area contributed by atoms with E-state index in [1.54, 1.807) is 12.1 Å². The van der Waals surface area contributed by atoms with Crippen LogP contribution in [-0.4, -0.2) is 23.5 Å². The molecule has 4 heteroatoms. The van der Waals surface area contributed by atoms with E-state index in [-0.39, 0.29) is 12.5 Å². The zero-order valence-electron chi connectivity index (χ0n) is 10.8. The molecule has 0 heterocycles. The fourth-order valence-corrected chi connectivity index (χ4v) is 1.80. The molecule has 0 bridgehead atoms. The van der Waals surface area contributed by atoms with E-state index in [1.165, 1.54) is 0 Å². The van der Waals surface area contributed by atoms with Gasteiger partial charge < -0.3 is 10.4 Å². The van der Waals surface area contributed by atoms with E-state index in [2.05, 4.69) is 5.32 Å². The second-order valence-electron chi connectivity index (χ2n) is 4.35. The topological polar surface area (TPSA) is 66.4 Å². The zero-order chi connectivity index (χ0) is 13.5. The molecule has 98 valence electrons. The highest BCUT2D eigenvalue weighted by Gasteiger charge is 2.18. The second kappa shape index (κ2) is 6.79. The van der Waals surface area contributed by atoms with Crippen LogP contribution < -0.4 is 5.32 Å². The lowest BCUT2D eigenvalue weighted by Crippen LogP contribution is -2.33. The summed E-state index contributed by atoms with van der Waals surface area (Å²) in [6.07, 6.45) is 1.36. The fourth-order valence-electron chi connectivity index (χ4n) is 1.80. The van der Waals surface area contributed by atoms with Crippen molar-refractivity contribution in [2.45, 2.75) is 26.7 Å². The van der Waals surface area contributed by atoms with E-state index in [0.29, 0.717) is 12.0 Å². The van der Waals surface area contributed by atoms with E-state index in [1.807, 2.05) is 26.0 Å². The van der Waals surface area contributed by atoms with E-state index in [9.17, 15) is 9.59 Å². The van der Waals surface area contributed by atoms with Gasteiger partial charge in [0.05, 0.1) is 5.92 Å².